The van der Waals surface area contributed by atoms with Gasteiger partial charge in [-0.3, -0.25) is 14.3 Å². The molecule has 0 spiro atoms. The summed E-state index contributed by atoms with van der Waals surface area (Å²) in [5.74, 6) is -1.48. The summed E-state index contributed by atoms with van der Waals surface area (Å²) in [6, 6.07) is 5.91. The number of nitrogens with zero attached hydrogens (tertiary/aromatic N) is 3. The molecule has 23 heavy (non-hydrogen) atoms. The first-order valence-electron chi connectivity index (χ1n) is 7.32. The van der Waals surface area contributed by atoms with Crippen molar-refractivity contribution in [3.63, 3.8) is 0 Å². The van der Waals surface area contributed by atoms with Crippen LogP contribution in [0.15, 0.2) is 24.3 Å². The van der Waals surface area contributed by atoms with Crippen molar-refractivity contribution in [2.24, 2.45) is 0 Å². The first-order chi connectivity index (χ1) is 11.0. The van der Waals surface area contributed by atoms with Crippen LogP contribution in [0.3, 0.4) is 0 Å². The second kappa shape index (κ2) is 5.83. The van der Waals surface area contributed by atoms with Gasteiger partial charge in [-0.25, -0.2) is 4.39 Å². The maximum atomic E-state index is 13.0. The van der Waals surface area contributed by atoms with Crippen LogP contribution in [0.1, 0.15) is 39.9 Å². The molecule has 0 unspecified atom stereocenters. The van der Waals surface area contributed by atoms with Crippen LogP contribution in [0.2, 0.25) is 0 Å². The van der Waals surface area contributed by atoms with E-state index in [-0.39, 0.29) is 34.6 Å². The van der Waals surface area contributed by atoms with Crippen molar-refractivity contribution >= 4 is 11.7 Å². The number of Topliss-reactive ketones (excluding diaryl/α,β-unsaturated/α-hetero) is 1. The highest BCUT2D eigenvalue weighted by atomic mass is 19.1. The van der Waals surface area contributed by atoms with E-state index in [0.29, 0.717) is 26.1 Å². The topological polar surface area (TPSA) is 75.4 Å². The van der Waals surface area contributed by atoms with Gasteiger partial charge in [-0.05, 0) is 24.1 Å². The molecule has 2 heterocycles. The van der Waals surface area contributed by atoms with E-state index in [4.69, 9.17) is 0 Å². The molecule has 1 aromatic heterocycles. The summed E-state index contributed by atoms with van der Waals surface area (Å²) in [7, 11) is 0. The number of rotatable bonds is 3. The Bertz CT molecular complexity index is 768. The molecule has 1 amide bonds. The van der Waals surface area contributed by atoms with Gasteiger partial charge < -0.3 is 10.0 Å². The molecule has 0 aliphatic carbocycles. The number of halogens is 1. The molecule has 1 aliphatic heterocycles. The Morgan fingerprint density at radius 1 is 1.30 bits per heavy atom. The zero-order valence-corrected chi connectivity index (χ0v) is 12.6. The van der Waals surface area contributed by atoms with Crippen molar-refractivity contribution in [3.05, 3.63) is 47.0 Å². The van der Waals surface area contributed by atoms with Crippen LogP contribution in [-0.4, -0.2) is 38.0 Å². The van der Waals surface area contributed by atoms with Crippen molar-refractivity contribution < 1.29 is 19.1 Å². The van der Waals surface area contributed by atoms with Gasteiger partial charge >= 0.3 is 0 Å². The Kier molecular flexibility index (Phi) is 3.85. The maximum absolute atomic E-state index is 13.0. The third-order valence-electron chi connectivity index (χ3n) is 3.84. The van der Waals surface area contributed by atoms with Gasteiger partial charge in [0.05, 0.1) is 0 Å². The van der Waals surface area contributed by atoms with Gasteiger partial charge in [0.1, 0.15) is 5.82 Å². The minimum absolute atomic E-state index is 0.0369. The van der Waals surface area contributed by atoms with Gasteiger partial charge in [-0.2, -0.15) is 5.10 Å². The number of aryl methyl sites for hydroxylation is 1. The lowest BCUT2D eigenvalue weighted by molar-refractivity contribution is 0.0742. The lowest BCUT2D eigenvalue weighted by atomic mass is 10.2. The number of carbonyl (C=O) groups excluding carboxylic acids is 2. The minimum atomic E-state index is -0.388. The fraction of sp³-hybridized carbons (Fsp3) is 0.312. The van der Waals surface area contributed by atoms with Crippen LogP contribution >= 0.6 is 0 Å². The number of benzene rings is 1. The minimum Gasteiger partial charge on any atom is -0.504 e. The van der Waals surface area contributed by atoms with E-state index in [1.807, 2.05) is 0 Å². The first-order valence-corrected chi connectivity index (χ1v) is 7.32. The van der Waals surface area contributed by atoms with E-state index in [0.717, 1.165) is 5.56 Å². The van der Waals surface area contributed by atoms with Gasteiger partial charge in [0.2, 0.25) is 0 Å². The lowest BCUT2D eigenvalue weighted by Gasteiger charge is -2.20. The molecular formula is C16H16FN3O3. The Labute approximate surface area is 132 Å². The van der Waals surface area contributed by atoms with E-state index < -0.39 is 0 Å². The highest BCUT2D eigenvalue weighted by molar-refractivity contribution is 6.02. The summed E-state index contributed by atoms with van der Waals surface area (Å²) in [5, 5.41) is 14.2. The molecule has 6 nitrogen and oxygen atoms in total. The molecule has 1 N–H and O–H groups in total. The highest BCUT2D eigenvalue weighted by Gasteiger charge is 2.30. The summed E-state index contributed by atoms with van der Waals surface area (Å²) in [6.07, 6.45) is 0.651. The van der Waals surface area contributed by atoms with Gasteiger partial charge in [-0.15, -0.1) is 0 Å². The molecule has 7 heteroatoms. The zero-order valence-electron chi connectivity index (χ0n) is 12.6. The summed E-state index contributed by atoms with van der Waals surface area (Å²) >= 11 is 0. The van der Waals surface area contributed by atoms with Crippen LogP contribution in [0.25, 0.3) is 0 Å². The number of ketones is 1. The van der Waals surface area contributed by atoms with Crippen LogP contribution in [0.5, 0.6) is 5.75 Å². The van der Waals surface area contributed by atoms with Crippen LogP contribution < -0.4 is 0 Å². The van der Waals surface area contributed by atoms with E-state index in [1.54, 1.807) is 17.0 Å². The number of hydrogen-bond acceptors (Lipinski definition) is 4. The second-order valence-electron chi connectivity index (χ2n) is 5.53. The lowest BCUT2D eigenvalue weighted by Crippen LogP contribution is -2.30. The summed E-state index contributed by atoms with van der Waals surface area (Å²) in [4.78, 5) is 25.7. The molecule has 0 radical (unpaired) electrons. The standard InChI is InChI=1S/C16H16FN3O3/c1-10(21)13-15(22)14-16(23)19(7-2-8-20(14)18-13)9-11-3-5-12(17)6-4-11/h3-6,22H,2,7-9H2,1H3. The molecule has 120 valence electrons. The fourth-order valence-electron chi connectivity index (χ4n) is 2.69. The first kappa shape index (κ1) is 15.2. The number of aromatic nitrogens is 2. The zero-order chi connectivity index (χ0) is 16.6. The largest absolute Gasteiger partial charge is 0.504 e. The molecular weight excluding hydrogens is 301 g/mol. The van der Waals surface area contributed by atoms with Crippen LogP contribution in [0, 0.1) is 5.82 Å². The maximum Gasteiger partial charge on any atom is 0.276 e. The predicted molar refractivity (Wildman–Crippen MR) is 79.7 cm³/mol. The molecule has 0 fully saturated rings. The molecule has 1 aromatic carbocycles. The van der Waals surface area contributed by atoms with Gasteiger partial charge in [0.15, 0.2) is 22.9 Å². The van der Waals surface area contributed by atoms with Crippen molar-refractivity contribution in [1.82, 2.24) is 14.7 Å². The van der Waals surface area contributed by atoms with Crippen molar-refractivity contribution in [3.8, 4) is 5.75 Å². The van der Waals surface area contributed by atoms with Crippen molar-refractivity contribution in [1.29, 1.82) is 0 Å². The Balaban J connectivity index is 1.91. The fourth-order valence-corrected chi connectivity index (χ4v) is 2.69. The van der Waals surface area contributed by atoms with E-state index >= 15 is 0 Å². The molecule has 0 bridgehead atoms. The highest BCUT2D eigenvalue weighted by Crippen LogP contribution is 2.27. The van der Waals surface area contributed by atoms with Crippen LogP contribution in [-0.2, 0) is 13.1 Å². The van der Waals surface area contributed by atoms with E-state index in [2.05, 4.69) is 5.10 Å². The second-order valence-corrected chi connectivity index (χ2v) is 5.53. The van der Waals surface area contributed by atoms with Crippen molar-refractivity contribution in [2.45, 2.75) is 26.4 Å². The number of amides is 1. The molecule has 0 atom stereocenters. The Hall–Kier alpha value is -2.70. The number of carbonyl (C=O) groups is 2. The normalized spacial score (nSPS) is 14.5. The van der Waals surface area contributed by atoms with Crippen molar-refractivity contribution in [2.75, 3.05) is 6.54 Å². The van der Waals surface area contributed by atoms with Crippen LogP contribution in [0.4, 0.5) is 4.39 Å². The number of aromatic hydroxyl groups is 1. The monoisotopic (exact) mass is 317 g/mol. The molecule has 2 aromatic rings. The molecule has 0 saturated heterocycles. The molecule has 0 saturated carbocycles. The van der Waals surface area contributed by atoms with E-state index in [9.17, 15) is 19.1 Å². The van der Waals surface area contributed by atoms with E-state index in [1.165, 1.54) is 23.7 Å². The predicted octanol–water partition coefficient (Wildman–Crippen LogP) is 1.98. The number of fused-ring (bicyclic) bond motifs is 1. The quantitative estimate of drug-likeness (QED) is 0.878. The third kappa shape index (κ3) is 2.81. The average Bonchev–Trinajstić information content (AvgIpc) is 2.76. The SMILES string of the molecule is CC(=O)c1nn2c(c1O)C(=O)N(Cc1ccc(F)cc1)CCC2. The number of hydrogen-bond donors (Lipinski definition) is 1. The van der Waals surface area contributed by atoms with Gasteiger partial charge in [-0.1, -0.05) is 12.1 Å². The molecule has 3 rings (SSSR count). The molecule has 1 aliphatic rings. The third-order valence-corrected chi connectivity index (χ3v) is 3.84. The Morgan fingerprint density at radius 2 is 2.00 bits per heavy atom. The summed E-state index contributed by atoms with van der Waals surface area (Å²) in [6.45, 7) is 2.54. The smallest absolute Gasteiger partial charge is 0.276 e. The summed E-state index contributed by atoms with van der Waals surface area (Å²) < 4.78 is 14.4. The van der Waals surface area contributed by atoms with Gasteiger partial charge in [0.25, 0.3) is 5.91 Å². The average molecular weight is 317 g/mol. The summed E-state index contributed by atoms with van der Waals surface area (Å²) in [5.41, 5.74) is 0.741. The van der Waals surface area contributed by atoms with Gasteiger partial charge in [0, 0.05) is 26.6 Å². The Morgan fingerprint density at radius 3 is 2.65 bits per heavy atom.